The van der Waals surface area contributed by atoms with E-state index in [2.05, 4.69) is 10.6 Å². The van der Waals surface area contributed by atoms with Crippen LogP contribution in [0.5, 0.6) is 0 Å². The summed E-state index contributed by atoms with van der Waals surface area (Å²) in [6, 6.07) is 17.6. The van der Waals surface area contributed by atoms with Crippen LogP contribution in [0.4, 0.5) is 4.79 Å². The number of rotatable bonds is 5. The summed E-state index contributed by atoms with van der Waals surface area (Å²) in [7, 11) is 0. The standard InChI is InChI=1S/C25H31N3O4/c1-25(2,3)32-24(31)26-17-22(29)28-15-13-21(14-16-28)27-23(30)20-11-9-19(10-12-20)18-7-5-4-6-8-18/h4-12,21H,13-17H2,1-3H3,(H,26,31)(H,27,30). The molecule has 0 saturated carbocycles. The highest BCUT2D eigenvalue weighted by Gasteiger charge is 2.25. The number of amides is 3. The second-order valence-electron chi connectivity index (χ2n) is 8.93. The van der Waals surface area contributed by atoms with E-state index < -0.39 is 11.7 Å². The van der Waals surface area contributed by atoms with E-state index in [0.29, 0.717) is 31.5 Å². The van der Waals surface area contributed by atoms with Gasteiger partial charge in [0.15, 0.2) is 0 Å². The highest BCUT2D eigenvalue weighted by molar-refractivity contribution is 5.95. The third-order valence-corrected chi connectivity index (χ3v) is 5.22. The summed E-state index contributed by atoms with van der Waals surface area (Å²) in [5, 5.41) is 5.56. The number of likely N-dealkylation sites (tertiary alicyclic amines) is 1. The Bertz CT molecular complexity index is 928. The van der Waals surface area contributed by atoms with Crippen LogP contribution in [0.1, 0.15) is 44.0 Å². The van der Waals surface area contributed by atoms with Gasteiger partial charge in [0.2, 0.25) is 5.91 Å². The van der Waals surface area contributed by atoms with E-state index in [1.807, 2.05) is 54.6 Å². The van der Waals surface area contributed by atoms with Gasteiger partial charge in [-0.3, -0.25) is 9.59 Å². The normalized spacial score (nSPS) is 14.5. The SMILES string of the molecule is CC(C)(C)OC(=O)NCC(=O)N1CCC(NC(=O)c2ccc(-c3ccccc3)cc2)CC1. The van der Waals surface area contributed by atoms with Crippen molar-refractivity contribution in [1.82, 2.24) is 15.5 Å². The first-order valence-corrected chi connectivity index (χ1v) is 10.9. The van der Waals surface area contributed by atoms with E-state index in [0.717, 1.165) is 11.1 Å². The number of hydrogen-bond donors (Lipinski definition) is 2. The fraction of sp³-hybridized carbons (Fsp3) is 0.400. The van der Waals surface area contributed by atoms with Crippen molar-refractivity contribution in [1.29, 1.82) is 0 Å². The number of carbonyl (C=O) groups is 3. The minimum atomic E-state index is -0.606. The number of nitrogens with zero attached hydrogens (tertiary/aromatic N) is 1. The van der Waals surface area contributed by atoms with Gasteiger partial charge < -0.3 is 20.3 Å². The molecule has 1 aliphatic rings. The van der Waals surface area contributed by atoms with Crippen molar-refractivity contribution >= 4 is 17.9 Å². The number of nitrogens with one attached hydrogen (secondary N) is 2. The van der Waals surface area contributed by atoms with Crippen LogP contribution in [-0.2, 0) is 9.53 Å². The quantitative estimate of drug-likeness (QED) is 0.748. The number of ether oxygens (including phenoxy) is 1. The Balaban J connectivity index is 1.43. The maximum atomic E-state index is 12.6. The molecule has 7 nitrogen and oxygen atoms in total. The molecule has 3 amide bonds. The van der Waals surface area contributed by atoms with Crippen LogP contribution in [0.2, 0.25) is 0 Å². The summed E-state index contributed by atoms with van der Waals surface area (Å²) in [5.41, 5.74) is 2.18. The highest BCUT2D eigenvalue weighted by atomic mass is 16.6. The lowest BCUT2D eigenvalue weighted by molar-refractivity contribution is -0.131. The Kier molecular flexibility index (Phi) is 7.51. The monoisotopic (exact) mass is 437 g/mol. The second kappa shape index (κ2) is 10.3. The van der Waals surface area contributed by atoms with Gasteiger partial charge >= 0.3 is 6.09 Å². The zero-order chi connectivity index (χ0) is 23.1. The molecule has 0 unspecified atom stereocenters. The Morgan fingerprint density at radius 3 is 2.12 bits per heavy atom. The molecule has 1 heterocycles. The van der Waals surface area contributed by atoms with Crippen LogP contribution in [0, 0.1) is 0 Å². The van der Waals surface area contributed by atoms with Gasteiger partial charge in [0.05, 0.1) is 0 Å². The molecule has 1 fully saturated rings. The van der Waals surface area contributed by atoms with E-state index in [4.69, 9.17) is 4.74 Å². The van der Waals surface area contributed by atoms with Gasteiger partial charge in [-0.05, 0) is 56.9 Å². The Morgan fingerprint density at radius 2 is 1.53 bits per heavy atom. The molecule has 0 radical (unpaired) electrons. The first-order valence-electron chi connectivity index (χ1n) is 10.9. The first kappa shape index (κ1) is 23.3. The summed E-state index contributed by atoms with van der Waals surface area (Å²) >= 11 is 0. The van der Waals surface area contributed by atoms with Gasteiger partial charge in [-0.15, -0.1) is 0 Å². The van der Waals surface area contributed by atoms with Crippen molar-refractivity contribution in [3.63, 3.8) is 0 Å². The highest BCUT2D eigenvalue weighted by Crippen LogP contribution is 2.19. The lowest BCUT2D eigenvalue weighted by Gasteiger charge is -2.32. The van der Waals surface area contributed by atoms with E-state index >= 15 is 0 Å². The van der Waals surface area contributed by atoms with Gasteiger partial charge in [0.25, 0.3) is 5.91 Å². The predicted octanol–water partition coefficient (Wildman–Crippen LogP) is 3.60. The molecule has 0 bridgehead atoms. The van der Waals surface area contributed by atoms with Crippen LogP contribution in [0.25, 0.3) is 11.1 Å². The summed E-state index contributed by atoms with van der Waals surface area (Å²) in [6.07, 6.45) is 0.740. The fourth-order valence-electron chi connectivity index (χ4n) is 3.56. The summed E-state index contributed by atoms with van der Waals surface area (Å²) < 4.78 is 5.14. The fourth-order valence-corrected chi connectivity index (χ4v) is 3.56. The molecule has 170 valence electrons. The molecular formula is C25H31N3O4. The molecule has 1 saturated heterocycles. The molecule has 3 rings (SSSR count). The van der Waals surface area contributed by atoms with Crippen LogP contribution in [-0.4, -0.2) is 54.1 Å². The average Bonchev–Trinajstić information content (AvgIpc) is 2.77. The van der Waals surface area contributed by atoms with Crippen molar-refractivity contribution in [2.45, 2.75) is 45.3 Å². The average molecular weight is 438 g/mol. The topological polar surface area (TPSA) is 87.7 Å². The van der Waals surface area contributed by atoms with Crippen molar-refractivity contribution < 1.29 is 19.1 Å². The number of hydrogen-bond acceptors (Lipinski definition) is 4. The molecular weight excluding hydrogens is 406 g/mol. The van der Waals surface area contributed by atoms with Crippen LogP contribution < -0.4 is 10.6 Å². The van der Waals surface area contributed by atoms with Gasteiger partial charge in [-0.1, -0.05) is 42.5 Å². The molecule has 2 aromatic rings. The minimum absolute atomic E-state index is 0.0131. The van der Waals surface area contributed by atoms with E-state index in [9.17, 15) is 14.4 Å². The molecule has 7 heteroatoms. The Hall–Kier alpha value is -3.35. The van der Waals surface area contributed by atoms with Gasteiger partial charge in [-0.25, -0.2) is 4.79 Å². The largest absolute Gasteiger partial charge is 0.444 e. The van der Waals surface area contributed by atoms with Gasteiger partial charge in [0, 0.05) is 24.7 Å². The van der Waals surface area contributed by atoms with Crippen LogP contribution in [0.3, 0.4) is 0 Å². The number of carbonyl (C=O) groups excluding carboxylic acids is 3. The van der Waals surface area contributed by atoms with E-state index in [1.54, 1.807) is 25.7 Å². The smallest absolute Gasteiger partial charge is 0.408 e. The zero-order valence-electron chi connectivity index (χ0n) is 18.9. The summed E-state index contributed by atoms with van der Waals surface area (Å²) in [4.78, 5) is 38.4. The molecule has 2 N–H and O–H groups in total. The van der Waals surface area contributed by atoms with Crippen molar-refractivity contribution in [3.05, 3.63) is 60.2 Å². The third kappa shape index (κ3) is 6.83. The number of benzene rings is 2. The maximum Gasteiger partial charge on any atom is 0.408 e. The minimum Gasteiger partial charge on any atom is -0.444 e. The van der Waals surface area contributed by atoms with E-state index in [1.165, 1.54) is 0 Å². The maximum absolute atomic E-state index is 12.6. The zero-order valence-corrected chi connectivity index (χ0v) is 18.9. The Labute approximate surface area is 189 Å². The van der Waals surface area contributed by atoms with Crippen LogP contribution in [0.15, 0.2) is 54.6 Å². The lowest BCUT2D eigenvalue weighted by Crippen LogP contribution is -2.49. The molecule has 32 heavy (non-hydrogen) atoms. The van der Waals surface area contributed by atoms with Crippen molar-refractivity contribution in [2.75, 3.05) is 19.6 Å². The lowest BCUT2D eigenvalue weighted by atomic mass is 10.0. The molecule has 0 aliphatic carbocycles. The first-order chi connectivity index (χ1) is 15.2. The van der Waals surface area contributed by atoms with E-state index in [-0.39, 0.29) is 24.4 Å². The molecule has 0 atom stereocenters. The Morgan fingerprint density at radius 1 is 0.938 bits per heavy atom. The number of alkyl carbamates (subject to hydrolysis) is 1. The molecule has 1 aliphatic heterocycles. The van der Waals surface area contributed by atoms with Gasteiger partial charge in [0.1, 0.15) is 12.1 Å². The molecule has 2 aromatic carbocycles. The van der Waals surface area contributed by atoms with Gasteiger partial charge in [-0.2, -0.15) is 0 Å². The predicted molar refractivity (Wildman–Crippen MR) is 123 cm³/mol. The molecule has 0 aromatic heterocycles. The summed E-state index contributed by atoms with van der Waals surface area (Å²) in [6.45, 7) is 6.28. The third-order valence-electron chi connectivity index (χ3n) is 5.22. The van der Waals surface area contributed by atoms with Crippen molar-refractivity contribution in [2.24, 2.45) is 0 Å². The molecule has 0 spiro atoms. The second-order valence-corrected chi connectivity index (χ2v) is 8.93. The van der Waals surface area contributed by atoms with Crippen molar-refractivity contribution in [3.8, 4) is 11.1 Å². The van der Waals surface area contributed by atoms with Crippen LogP contribution >= 0.6 is 0 Å². The number of piperidine rings is 1. The summed E-state index contributed by atoms with van der Waals surface area (Å²) in [5.74, 6) is -0.266.